The van der Waals surface area contributed by atoms with E-state index < -0.39 is 0 Å². The SMILES string of the molecule is C=Nc1ccc2n1/C(=N\C)C(C)CCN(C)C2. The topological polar surface area (TPSA) is 32.9 Å². The van der Waals surface area contributed by atoms with Gasteiger partial charge in [-0.25, -0.2) is 4.99 Å². The van der Waals surface area contributed by atoms with Crippen LogP contribution in [0.2, 0.25) is 0 Å². The van der Waals surface area contributed by atoms with E-state index in [1.54, 1.807) is 0 Å². The minimum absolute atomic E-state index is 0.439. The van der Waals surface area contributed by atoms with Gasteiger partial charge in [-0.05, 0) is 38.9 Å². The van der Waals surface area contributed by atoms with Gasteiger partial charge in [0.1, 0.15) is 11.7 Å². The third kappa shape index (κ3) is 2.17. The van der Waals surface area contributed by atoms with E-state index in [4.69, 9.17) is 0 Å². The molecule has 2 heterocycles. The second kappa shape index (κ2) is 4.84. The molecule has 1 aliphatic rings. The molecule has 0 fully saturated rings. The first-order chi connectivity index (χ1) is 8.17. The molecule has 1 aromatic heterocycles. The highest BCUT2D eigenvalue weighted by atomic mass is 15.2. The van der Waals surface area contributed by atoms with Gasteiger partial charge in [-0.3, -0.25) is 9.56 Å². The summed E-state index contributed by atoms with van der Waals surface area (Å²) in [5, 5.41) is 0. The Balaban J connectivity index is 2.54. The van der Waals surface area contributed by atoms with Crippen LogP contribution in [0.3, 0.4) is 0 Å². The lowest BCUT2D eigenvalue weighted by molar-refractivity contribution is 0.300. The van der Waals surface area contributed by atoms with Crippen molar-refractivity contribution in [2.24, 2.45) is 15.9 Å². The summed E-state index contributed by atoms with van der Waals surface area (Å²) in [7, 11) is 4.01. The average Bonchev–Trinajstić information content (AvgIpc) is 2.69. The summed E-state index contributed by atoms with van der Waals surface area (Å²) in [6.07, 6.45) is 1.12. The minimum Gasteiger partial charge on any atom is -0.301 e. The van der Waals surface area contributed by atoms with Gasteiger partial charge in [0.05, 0.1) is 0 Å². The maximum Gasteiger partial charge on any atom is 0.137 e. The first-order valence-corrected chi connectivity index (χ1v) is 6.00. The summed E-state index contributed by atoms with van der Waals surface area (Å²) in [5.41, 5.74) is 1.24. The smallest absolute Gasteiger partial charge is 0.137 e. The van der Waals surface area contributed by atoms with E-state index in [-0.39, 0.29) is 0 Å². The number of aromatic nitrogens is 1. The van der Waals surface area contributed by atoms with Gasteiger partial charge in [0.2, 0.25) is 0 Å². The van der Waals surface area contributed by atoms with E-state index in [9.17, 15) is 0 Å². The molecule has 2 rings (SSSR count). The maximum absolute atomic E-state index is 4.45. The lowest BCUT2D eigenvalue weighted by atomic mass is 10.0. The zero-order valence-electron chi connectivity index (χ0n) is 10.8. The predicted octanol–water partition coefficient (Wildman–Crippen LogP) is 2.17. The number of rotatable bonds is 1. The third-order valence-corrected chi connectivity index (χ3v) is 3.38. The van der Waals surface area contributed by atoms with Gasteiger partial charge in [0.15, 0.2) is 0 Å². The van der Waals surface area contributed by atoms with Crippen LogP contribution in [0.1, 0.15) is 19.0 Å². The Hall–Kier alpha value is -1.42. The fraction of sp³-hybridized carbons (Fsp3) is 0.538. The zero-order chi connectivity index (χ0) is 12.4. The number of nitrogens with zero attached hydrogens (tertiary/aromatic N) is 4. The lowest BCUT2D eigenvalue weighted by Crippen LogP contribution is -2.32. The van der Waals surface area contributed by atoms with Crippen LogP contribution in [0.4, 0.5) is 5.82 Å². The van der Waals surface area contributed by atoms with Crippen LogP contribution in [-0.4, -0.2) is 42.7 Å². The number of fused-ring (bicyclic) bond motifs is 1. The van der Waals surface area contributed by atoms with Crippen molar-refractivity contribution in [1.82, 2.24) is 9.47 Å². The standard InChI is InChI=1S/C13H20N4/c1-10-7-8-16(4)9-11-5-6-12(14-2)17(11)13(10)15-3/h5-6,10H,2,7-9H2,1,3-4H3/b15-13-. The molecule has 0 amide bonds. The molecule has 4 heteroatoms. The van der Waals surface area contributed by atoms with Crippen molar-refractivity contribution in [3.8, 4) is 0 Å². The average molecular weight is 232 g/mol. The monoisotopic (exact) mass is 232 g/mol. The van der Waals surface area contributed by atoms with E-state index in [1.165, 1.54) is 5.69 Å². The van der Waals surface area contributed by atoms with Crippen molar-refractivity contribution in [2.45, 2.75) is 19.9 Å². The lowest BCUT2D eigenvalue weighted by Gasteiger charge is -2.27. The molecule has 0 N–H and O–H groups in total. The summed E-state index contributed by atoms with van der Waals surface area (Å²) >= 11 is 0. The number of hydrogen-bond donors (Lipinski definition) is 0. The maximum atomic E-state index is 4.45. The van der Waals surface area contributed by atoms with Gasteiger partial charge in [-0.1, -0.05) is 6.92 Å². The highest BCUT2D eigenvalue weighted by molar-refractivity contribution is 5.90. The molecular formula is C13H20N4. The van der Waals surface area contributed by atoms with E-state index in [2.05, 4.69) is 46.2 Å². The van der Waals surface area contributed by atoms with Gasteiger partial charge in [0.25, 0.3) is 0 Å². The Morgan fingerprint density at radius 1 is 1.41 bits per heavy atom. The van der Waals surface area contributed by atoms with E-state index >= 15 is 0 Å². The second-order valence-electron chi connectivity index (χ2n) is 4.69. The van der Waals surface area contributed by atoms with Gasteiger partial charge in [-0.15, -0.1) is 0 Å². The van der Waals surface area contributed by atoms with Crippen molar-refractivity contribution < 1.29 is 0 Å². The van der Waals surface area contributed by atoms with E-state index in [0.717, 1.165) is 31.2 Å². The van der Waals surface area contributed by atoms with Gasteiger partial charge >= 0.3 is 0 Å². The van der Waals surface area contributed by atoms with Crippen LogP contribution in [0.25, 0.3) is 0 Å². The van der Waals surface area contributed by atoms with Crippen LogP contribution in [0.15, 0.2) is 22.1 Å². The molecule has 1 atom stereocenters. The fourth-order valence-corrected chi connectivity index (χ4v) is 2.42. The predicted molar refractivity (Wildman–Crippen MR) is 72.5 cm³/mol. The zero-order valence-corrected chi connectivity index (χ0v) is 10.8. The summed E-state index contributed by atoms with van der Waals surface area (Å²) < 4.78 is 2.15. The summed E-state index contributed by atoms with van der Waals surface area (Å²) in [4.78, 5) is 10.9. The first-order valence-electron chi connectivity index (χ1n) is 6.00. The molecule has 0 saturated heterocycles. The Labute approximate surface area is 103 Å². The molecule has 1 aliphatic heterocycles. The van der Waals surface area contributed by atoms with Crippen molar-refractivity contribution in [3.63, 3.8) is 0 Å². The Morgan fingerprint density at radius 3 is 2.82 bits per heavy atom. The van der Waals surface area contributed by atoms with Crippen molar-refractivity contribution in [3.05, 3.63) is 17.8 Å². The summed E-state index contributed by atoms with van der Waals surface area (Å²) in [6.45, 7) is 7.89. The number of hydrogen-bond acceptors (Lipinski definition) is 3. The normalized spacial score (nSPS) is 24.2. The third-order valence-electron chi connectivity index (χ3n) is 3.38. The van der Waals surface area contributed by atoms with Crippen LogP contribution in [0, 0.1) is 5.92 Å². The van der Waals surface area contributed by atoms with Crippen LogP contribution in [0.5, 0.6) is 0 Å². The summed E-state index contributed by atoms with van der Waals surface area (Å²) in [5.74, 6) is 2.43. The highest BCUT2D eigenvalue weighted by Gasteiger charge is 2.21. The van der Waals surface area contributed by atoms with E-state index in [1.807, 2.05) is 13.1 Å². The van der Waals surface area contributed by atoms with Crippen molar-refractivity contribution >= 4 is 18.4 Å². The first kappa shape index (κ1) is 12.0. The van der Waals surface area contributed by atoms with Crippen molar-refractivity contribution in [2.75, 3.05) is 20.6 Å². The van der Waals surface area contributed by atoms with Crippen LogP contribution < -0.4 is 0 Å². The molecule has 0 bridgehead atoms. The molecule has 92 valence electrons. The second-order valence-corrected chi connectivity index (χ2v) is 4.69. The Bertz CT molecular complexity index is 444. The molecule has 0 radical (unpaired) electrons. The molecule has 0 aromatic carbocycles. The van der Waals surface area contributed by atoms with Crippen LogP contribution >= 0.6 is 0 Å². The molecule has 1 aromatic rings. The largest absolute Gasteiger partial charge is 0.301 e. The minimum atomic E-state index is 0.439. The van der Waals surface area contributed by atoms with Gasteiger partial charge in [-0.2, -0.15) is 0 Å². The summed E-state index contributed by atoms with van der Waals surface area (Å²) in [6, 6.07) is 4.13. The fourth-order valence-electron chi connectivity index (χ4n) is 2.42. The van der Waals surface area contributed by atoms with Gasteiger partial charge in [0, 0.05) is 25.2 Å². The van der Waals surface area contributed by atoms with Gasteiger partial charge < -0.3 is 4.90 Å². The Morgan fingerprint density at radius 2 is 2.18 bits per heavy atom. The van der Waals surface area contributed by atoms with Crippen molar-refractivity contribution in [1.29, 1.82) is 0 Å². The highest BCUT2D eigenvalue weighted by Crippen LogP contribution is 2.24. The molecule has 17 heavy (non-hydrogen) atoms. The van der Waals surface area contributed by atoms with E-state index in [0.29, 0.717) is 5.92 Å². The van der Waals surface area contributed by atoms with Crippen LogP contribution in [-0.2, 0) is 6.54 Å². The molecular weight excluding hydrogens is 212 g/mol. The molecule has 1 unspecified atom stereocenters. The molecule has 0 spiro atoms. The molecule has 0 aliphatic carbocycles. The molecule has 0 saturated carbocycles. The molecule has 4 nitrogen and oxygen atoms in total. The quantitative estimate of drug-likeness (QED) is 0.683. The number of aliphatic imine (C=N–C) groups is 2. The Kier molecular flexibility index (Phi) is 3.43.